The Kier molecular flexibility index (Phi) is 6.12. The number of likely N-dealkylation sites (tertiary alicyclic amines) is 1. The molecule has 1 aromatic carbocycles. The van der Waals surface area contributed by atoms with Crippen LogP contribution in [0, 0.1) is 11.8 Å². The third-order valence-corrected chi connectivity index (χ3v) is 6.20. The van der Waals surface area contributed by atoms with Crippen molar-refractivity contribution in [3.63, 3.8) is 0 Å². The minimum atomic E-state index is -1.29. The maximum absolute atomic E-state index is 12.8. The van der Waals surface area contributed by atoms with Gasteiger partial charge in [0, 0.05) is 31.9 Å². The summed E-state index contributed by atoms with van der Waals surface area (Å²) in [7, 11) is 2.69. The van der Waals surface area contributed by atoms with Crippen LogP contribution in [0.1, 0.15) is 20.3 Å². The monoisotopic (exact) mass is 416 g/mol. The van der Waals surface area contributed by atoms with Crippen LogP contribution in [0.15, 0.2) is 30.3 Å². The zero-order valence-corrected chi connectivity index (χ0v) is 17.7. The number of nitrogens with one attached hydrogen (secondary N) is 2. The van der Waals surface area contributed by atoms with Crippen molar-refractivity contribution >= 4 is 29.5 Å². The van der Waals surface area contributed by atoms with Gasteiger partial charge in [0.15, 0.2) is 0 Å². The van der Waals surface area contributed by atoms with Gasteiger partial charge in [0.05, 0.1) is 18.9 Å². The van der Waals surface area contributed by atoms with E-state index < -0.39 is 35.3 Å². The van der Waals surface area contributed by atoms with E-state index in [0.29, 0.717) is 12.2 Å². The smallest absolute Gasteiger partial charge is 0.326 e. The van der Waals surface area contributed by atoms with E-state index in [0.717, 1.165) is 4.90 Å². The van der Waals surface area contributed by atoms with Crippen LogP contribution < -0.4 is 10.6 Å². The van der Waals surface area contributed by atoms with Gasteiger partial charge < -0.3 is 15.0 Å². The lowest BCUT2D eigenvalue weighted by atomic mass is 9.78. The van der Waals surface area contributed by atoms with E-state index in [2.05, 4.69) is 10.6 Å². The Labute approximate surface area is 175 Å². The minimum absolute atomic E-state index is 0.169. The van der Waals surface area contributed by atoms with Gasteiger partial charge in [-0.1, -0.05) is 25.1 Å². The van der Waals surface area contributed by atoms with E-state index >= 15 is 0 Å². The molecule has 3 rings (SSSR count). The van der Waals surface area contributed by atoms with Crippen molar-refractivity contribution in [2.75, 3.05) is 32.6 Å². The number of anilines is 1. The first kappa shape index (κ1) is 21.8. The highest BCUT2D eigenvalue weighted by Gasteiger charge is 2.67. The van der Waals surface area contributed by atoms with Crippen LogP contribution in [0.25, 0.3) is 0 Å². The lowest BCUT2D eigenvalue weighted by Gasteiger charge is -2.32. The van der Waals surface area contributed by atoms with E-state index in [1.54, 1.807) is 24.0 Å². The molecular weight excluding hydrogens is 388 g/mol. The molecule has 2 heterocycles. The topological polar surface area (TPSA) is 108 Å². The summed E-state index contributed by atoms with van der Waals surface area (Å²) in [6.07, 6.45) is 0.284. The summed E-state index contributed by atoms with van der Waals surface area (Å²) in [6.45, 7) is 4.17. The molecule has 4 amide bonds. The lowest BCUT2D eigenvalue weighted by Crippen LogP contribution is -2.58. The number of carbonyl (C=O) groups excluding carboxylic acids is 4. The number of likely N-dealkylation sites (N-methyl/N-ethyl adjacent to an activating group) is 1. The normalized spacial score (nSPS) is 27.7. The number of para-hydroxylation sites is 1. The molecule has 2 aliphatic rings. The van der Waals surface area contributed by atoms with Crippen molar-refractivity contribution in [2.45, 2.75) is 31.8 Å². The second-order valence-electron chi connectivity index (χ2n) is 7.64. The van der Waals surface area contributed by atoms with Crippen molar-refractivity contribution in [1.29, 1.82) is 0 Å². The Balaban J connectivity index is 1.87. The zero-order chi connectivity index (χ0) is 22.1. The average molecular weight is 416 g/mol. The summed E-state index contributed by atoms with van der Waals surface area (Å²) in [5.74, 6) is -2.91. The van der Waals surface area contributed by atoms with Gasteiger partial charge in [-0.3, -0.25) is 24.6 Å². The minimum Gasteiger partial charge on any atom is -0.468 e. The molecule has 9 heteroatoms. The number of hydrogen-bond acceptors (Lipinski definition) is 6. The van der Waals surface area contributed by atoms with Gasteiger partial charge in [-0.15, -0.1) is 0 Å². The average Bonchev–Trinajstić information content (AvgIpc) is 3.21. The van der Waals surface area contributed by atoms with Crippen molar-refractivity contribution < 1.29 is 23.9 Å². The van der Waals surface area contributed by atoms with E-state index in [4.69, 9.17) is 4.74 Å². The number of ether oxygens (including phenoxy) is 1. The summed E-state index contributed by atoms with van der Waals surface area (Å²) in [6, 6.07) is 8.17. The largest absolute Gasteiger partial charge is 0.468 e. The molecule has 0 aliphatic carbocycles. The molecule has 30 heavy (non-hydrogen) atoms. The first-order valence-electron chi connectivity index (χ1n) is 10.1. The molecule has 0 spiro atoms. The van der Waals surface area contributed by atoms with Crippen LogP contribution in [-0.4, -0.2) is 72.4 Å². The molecule has 2 fully saturated rings. The first-order valence-corrected chi connectivity index (χ1v) is 10.1. The number of esters is 1. The molecular formula is C21H28N4O5. The highest BCUT2D eigenvalue weighted by molar-refractivity contribution is 6.09. The highest BCUT2D eigenvalue weighted by atomic mass is 16.5. The summed E-state index contributed by atoms with van der Waals surface area (Å²) < 4.78 is 4.99. The summed E-state index contributed by atoms with van der Waals surface area (Å²) in [5.41, 5.74) is -0.640. The number of methoxy groups -OCH3 is 1. The third-order valence-electron chi connectivity index (χ3n) is 6.20. The predicted molar refractivity (Wildman–Crippen MR) is 109 cm³/mol. The molecule has 2 N–H and O–H groups in total. The maximum atomic E-state index is 12.8. The number of carbonyl (C=O) groups is 4. The number of benzene rings is 1. The fraction of sp³-hybridized carbons (Fsp3) is 0.524. The number of fused-ring (bicyclic) bond motifs is 1. The van der Waals surface area contributed by atoms with E-state index in [1.165, 1.54) is 14.2 Å². The number of amides is 4. The molecule has 0 radical (unpaired) electrons. The number of nitrogens with zero attached hydrogens (tertiary/aromatic N) is 2. The van der Waals surface area contributed by atoms with Crippen molar-refractivity contribution in [3.8, 4) is 0 Å². The molecule has 2 saturated heterocycles. The number of rotatable bonds is 6. The van der Waals surface area contributed by atoms with Crippen molar-refractivity contribution in [2.24, 2.45) is 11.8 Å². The molecule has 162 valence electrons. The standard InChI is InChI=1S/C21H28N4O5/c1-5-21(19(28)30-4)16-15(17(26)24(3)18(16)27)14(23-21)12-25(6-2)20(29)22-13-10-8-7-9-11-13/h7-11,14-16,23H,5-6,12H2,1-4H3,(H,22,29)/t14-,15+,16-,21-/m1/s1. The van der Waals surface area contributed by atoms with Crippen LogP contribution in [-0.2, 0) is 19.1 Å². The molecule has 0 aromatic heterocycles. The highest BCUT2D eigenvalue weighted by Crippen LogP contribution is 2.44. The van der Waals surface area contributed by atoms with Gasteiger partial charge >= 0.3 is 12.0 Å². The number of urea groups is 1. The Morgan fingerprint density at radius 2 is 1.87 bits per heavy atom. The van der Waals surface area contributed by atoms with Gasteiger partial charge in [-0.05, 0) is 25.5 Å². The Bertz CT molecular complexity index is 845. The molecule has 0 saturated carbocycles. The predicted octanol–water partition coefficient (Wildman–Crippen LogP) is 1.06. The third kappa shape index (κ3) is 3.43. The Hall–Kier alpha value is -2.94. The molecule has 2 aliphatic heterocycles. The molecule has 4 atom stereocenters. The molecule has 0 bridgehead atoms. The van der Waals surface area contributed by atoms with Crippen LogP contribution in [0.2, 0.25) is 0 Å². The van der Waals surface area contributed by atoms with E-state index in [-0.39, 0.29) is 24.9 Å². The van der Waals surface area contributed by atoms with Crippen molar-refractivity contribution in [3.05, 3.63) is 30.3 Å². The lowest BCUT2D eigenvalue weighted by molar-refractivity contribution is -0.154. The van der Waals surface area contributed by atoms with Gasteiger partial charge in [0.2, 0.25) is 11.8 Å². The second-order valence-corrected chi connectivity index (χ2v) is 7.64. The quantitative estimate of drug-likeness (QED) is 0.530. The summed E-state index contributed by atoms with van der Waals surface area (Å²) in [4.78, 5) is 53.8. The van der Waals surface area contributed by atoms with Gasteiger partial charge in [-0.25, -0.2) is 4.79 Å². The van der Waals surface area contributed by atoms with Crippen LogP contribution in [0.5, 0.6) is 0 Å². The SMILES string of the molecule is CCN(C[C@H]1N[C@@](CC)(C(=O)OC)[C@H]2C(=O)N(C)C(=O)[C@@H]12)C(=O)Nc1ccccc1. The fourth-order valence-electron chi connectivity index (χ4n) is 4.58. The van der Waals surface area contributed by atoms with Gasteiger partial charge in [0.1, 0.15) is 5.54 Å². The summed E-state index contributed by atoms with van der Waals surface area (Å²) in [5, 5.41) is 6.04. The van der Waals surface area contributed by atoms with Crippen LogP contribution >= 0.6 is 0 Å². The molecule has 0 unspecified atom stereocenters. The first-order chi connectivity index (χ1) is 14.3. The van der Waals surface area contributed by atoms with Gasteiger partial charge in [0.25, 0.3) is 0 Å². The number of hydrogen-bond donors (Lipinski definition) is 2. The molecule has 9 nitrogen and oxygen atoms in total. The second kappa shape index (κ2) is 8.43. The van der Waals surface area contributed by atoms with Gasteiger partial charge in [-0.2, -0.15) is 0 Å². The maximum Gasteiger partial charge on any atom is 0.326 e. The van der Waals surface area contributed by atoms with Crippen LogP contribution in [0.3, 0.4) is 0 Å². The van der Waals surface area contributed by atoms with E-state index in [9.17, 15) is 19.2 Å². The van der Waals surface area contributed by atoms with Crippen molar-refractivity contribution in [1.82, 2.24) is 15.1 Å². The fourth-order valence-corrected chi connectivity index (χ4v) is 4.58. The number of imide groups is 1. The summed E-state index contributed by atoms with van der Waals surface area (Å²) >= 11 is 0. The van der Waals surface area contributed by atoms with E-state index in [1.807, 2.05) is 25.1 Å². The van der Waals surface area contributed by atoms with Crippen LogP contribution in [0.4, 0.5) is 10.5 Å². The molecule has 1 aromatic rings. The Morgan fingerprint density at radius 1 is 1.20 bits per heavy atom. The zero-order valence-electron chi connectivity index (χ0n) is 17.7. The Morgan fingerprint density at radius 3 is 2.43 bits per heavy atom.